The summed E-state index contributed by atoms with van der Waals surface area (Å²) in [5.41, 5.74) is 6.26. The summed E-state index contributed by atoms with van der Waals surface area (Å²) in [6.45, 7) is 2.78. The van der Waals surface area contributed by atoms with Gasteiger partial charge in [0.2, 0.25) is 5.91 Å². The second kappa shape index (κ2) is 12.9. The van der Waals surface area contributed by atoms with E-state index in [1.807, 2.05) is 4.90 Å². The predicted molar refractivity (Wildman–Crippen MR) is 148 cm³/mol. The SMILES string of the molecule is CN(c1ccc(C(CCc2ccc(C(F)(F)F)cc2N2CCN(C3CCCCC3)CC2)C(N)=O)cc1F)S(=O)O. The molecule has 220 valence electrons. The van der Waals surface area contributed by atoms with Gasteiger partial charge >= 0.3 is 6.18 Å². The average Bonchev–Trinajstić information content (AvgIpc) is 2.93. The molecule has 1 heterocycles. The second-order valence-electron chi connectivity index (χ2n) is 10.6. The molecule has 7 nitrogen and oxygen atoms in total. The lowest BCUT2D eigenvalue weighted by molar-refractivity contribution is -0.137. The van der Waals surface area contributed by atoms with Crippen molar-refractivity contribution in [3.8, 4) is 0 Å². The minimum absolute atomic E-state index is 0.120. The predicted octanol–water partition coefficient (Wildman–Crippen LogP) is 5.07. The zero-order valence-corrected chi connectivity index (χ0v) is 23.3. The largest absolute Gasteiger partial charge is 0.416 e. The first kappa shape index (κ1) is 30.3. The number of primary amides is 1. The van der Waals surface area contributed by atoms with Gasteiger partial charge < -0.3 is 10.6 Å². The van der Waals surface area contributed by atoms with Crippen molar-refractivity contribution >= 4 is 28.5 Å². The van der Waals surface area contributed by atoms with E-state index in [4.69, 9.17) is 5.73 Å². The van der Waals surface area contributed by atoms with Crippen molar-refractivity contribution in [1.29, 1.82) is 0 Å². The minimum atomic E-state index is -4.49. The number of carbonyl (C=O) groups excluding carboxylic acids is 1. The molecule has 1 saturated heterocycles. The Balaban J connectivity index is 1.53. The van der Waals surface area contributed by atoms with E-state index < -0.39 is 40.6 Å². The fourth-order valence-corrected chi connectivity index (χ4v) is 6.19. The van der Waals surface area contributed by atoms with Gasteiger partial charge in [0.1, 0.15) is 5.82 Å². The topological polar surface area (TPSA) is 90.1 Å². The lowest BCUT2D eigenvalue weighted by Gasteiger charge is -2.42. The van der Waals surface area contributed by atoms with E-state index in [1.54, 1.807) is 0 Å². The van der Waals surface area contributed by atoms with Crippen LogP contribution >= 0.6 is 0 Å². The maximum absolute atomic E-state index is 14.7. The van der Waals surface area contributed by atoms with Gasteiger partial charge in [0.15, 0.2) is 0 Å². The van der Waals surface area contributed by atoms with Crippen LogP contribution in [0.4, 0.5) is 28.9 Å². The summed E-state index contributed by atoms with van der Waals surface area (Å²) >= 11 is -2.43. The molecule has 0 bridgehead atoms. The van der Waals surface area contributed by atoms with Crippen LogP contribution in [-0.2, 0) is 28.7 Å². The fourth-order valence-electron chi connectivity index (χ4n) is 5.87. The number of aryl methyl sites for hydroxylation is 1. The molecule has 2 aromatic carbocycles. The third-order valence-electron chi connectivity index (χ3n) is 8.15. The molecule has 4 rings (SSSR count). The number of alkyl halides is 3. The van der Waals surface area contributed by atoms with Gasteiger partial charge in [0.25, 0.3) is 11.3 Å². The Bertz CT molecular complexity index is 1210. The zero-order chi connectivity index (χ0) is 29.0. The molecular formula is C28H36F4N4O3S. The highest BCUT2D eigenvalue weighted by atomic mass is 32.2. The molecule has 40 heavy (non-hydrogen) atoms. The van der Waals surface area contributed by atoms with Gasteiger partial charge in [-0.2, -0.15) is 13.2 Å². The quantitative estimate of drug-likeness (QED) is 0.317. The van der Waals surface area contributed by atoms with Crippen molar-refractivity contribution in [3.05, 3.63) is 58.9 Å². The summed E-state index contributed by atoms with van der Waals surface area (Å²) in [5, 5.41) is 0. The molecule has 2 fully saturated rings. The molecule has 2 atom stereocenters. The maximum atomic E-state index is 14.7. The van der Waals surface area contributed by atoms with E-state index in [1.165, 1.54) is 63.4 Å². The lowest BCUT2D eigenvalue weighted by Crippen LogP contribution is -2.51. The van der Waals surface area contributed by atoms with E-state index in [2.05, 4.69) is 4.90 Å². The Hall–Kier alpha value is -2.70. The van der Waals surface area contributed by atoms with Crippen LogP contribution in [0.1, 0.15) is 61.1 Å². The minimum Gasteiger partial charge on any atom is -0.369 e. The molecule has 0 aromatic heterocycles. The second-order valence-corrected chi connectivity index (χ2v) is 11.6. The Labute approximate surface area is 234 Å². The molecule has 2 unspecified atom stereocenters. The van der Waals surface area contributed by atoms with Crippen molar-refractivity contribution in [1.82, 2.24) is 4.90 Å². The molecule has 0 radical (unpaired) electrons. The molecule has 2 aromatic rings. The number of piperazine rings is 1. The van der Waals surface area contributed by atoms with Gasteiger partial charge in [-0.25, -0.2) is 8.60 Å². The molecule has 3 N–H and O–H groups in total. The molecule has 1 aliphatic carbocycles. The highest BCUT2D eigenvalue weighted by Gasteiger charge is 2.33. The average molecular weight is 585 g/mol. The van der Waals surface area contributed by atoms with Crippen LogP contribution in [0.5, 0.6) is 0 Å². The number of anilines is 2. The van der Waals surface area contributed by atoms with E-state index in [0.29, 0.717) is 35.9 Å². The standard InChI is InChI=1S/C28H36F4N4O3S/c1-34(40(38)39)25-12-9-20(17-24(25)29)23(27(33)37)11-8-19-7-10-21(28(30,31)32)18-26(19)36-15-13-35(14-16-36)22-5-3-2-4-6-22/h7,9-10,12,17-18,22-23H,2-6,8,11,13-16H2,1H3,(H2,33,37)(H,38,39). The van der Waals surface area contributed by atoms with Crippen molar-refractivity contribution in [2.45, 2.75) is 63.1 Å². The number of nitrogens with two attached hydrogens (primary N) is 1. The number of halogens is 4. The van der Waals surface area contributed by atoms with Crippen LogP contribution in [-0.4, -0.2) is 58.8 Å². The lowest BCUT2D eigenvalue weighted by atomic mass is 9.90. The fraction of sp³-hybridized carbons (Fsp3) is 0.536. The summed E-state index contributed by atoms with van der Waals surface area (Å²) in [6, 6.07) is 8.10. The monoisotopic (exact) mass is 584 g/mol. The molecular weight excluding hydrogens is 548 g/mol. The van der Waals surface area contributed by atoms with E-state index in [-0.39, 0.29) is 18.5 Å². The molecule has 1 aliphatic heterocycles. The first-order valence-corrected chi connectivity index (χ1v) is 14.6. The Kier molecular flexibility index (Phi) is 9.73. The van der Waals surface area contributed by atoms with E-state index in [0.717, 1.165) is 29.5 Å². The van der Waals surface area contributed by atoms with Crippen LogP contribution in [0.3, 0.4) is 0 Å². The summed E-state index contributed by atoms with van der Waals surface area (Å²) in [7, 11) is 1.25. The first-order valence-electron chi connectivity index (χ1n) is 13.6. The van der Waals surface area contributed by atoms with Crippen molar-refractivity contribution in [2.24, 2.45) is 5.73 Å². The Morgan fingerprint density at radius 3 is 2.35 bits per heavy atom. The number of hydrogen-bond donors (Lipinski definition) is 2. The smallest absolute Gasteiger partial charge is 0.369 e. The summed E-state index contributed by atoms with van der Waals surface area (Å²) < 4.78 is 77.0. The number of amides is 1. The Morgan fingerprint density at radius 1 is 1.10 bits per heavy atom. The maximum Gasteiger partial charge on any atom is 0.416 e. The third kappa shape index (κ3) is 7.13. The Morgan fingerprint density at radius 2 is 1.77 bits per heavy atom. The molecule has 2 aliphatic rings. The van der Waals surface area contributed by atoms with Gasteiger partial charge in [0.05, 0.1) is 17.2 Å². The molecule has 1 saturated carbocycles. The van der Waals surface area contributed by atoms with Crippen LogP contribution < -0.4 is 14.9 Å². The normalized spacial score (nSPS) is 18.9. The van der Waals surface area contributed by atoms with Crippen molar-refractivity contribution in [2.75, 3.05) is 42.4 Å². The number of carbonyl (C=O) groups is 1. The molecule has 0 spiro atoms. The van der Waals surface area contributed by atoms with Gasteiger partial charge in [-0.1, -0.05) is 31.4 Å². The van der Waals surface area contributed by atoms with E-state index >= 15 is 0 Å². The highest BCUT2D eigenvalue weighted by Crippen LogP contribution is 2.36. The van der Waals surface area contributed by atoms with Crippen molar-refractivity contribution < 1.29 is 31.1 Å². The summed E-state index contributed by atoms with van der Waals surface area (Å²) in [6.07, 6.45) is 1.95. The first-order chi connectivity index (χ1) is 19.0. The summed E-state index contributed by atoms with van der Waals surface area (Å²) in [4.78, 5) is 16.8. The van der Waals surface area contributed by atoms with Crippen LogP contribution in [0, 0.1) is 5.82 Å². The van der Waals surface area contributed by atoms with E-state index in [9.17, 15) is 31.1 Å². The third-order valence-corrected chi connectivity index (χ3v) is 8.82. The molecule has 1 amide bonds. The number of nitrogens with zero attached hydrogens (tertiary/aromatic N) is 3. The van der Waals surface area contributed by atoms with Gasteiger partial charge in [0, 0.05) is 45.0 Å². The van der Waals surface area contributed by atoms with Crippen LogP contribution in [0.2, 0.25) is 0 Å². The van der Waals surface area contributed by atoms with Gasteiger partial charge in [-0.3, -0.25) is 18.6 Å². The number of hydrogen-bond acceptors (Lipinski definition) is 4. The molecule has 12 heteroatoms. The van der Waals surface area contributed by atoms with Crippen LogP contribution in [0.25, 0.3) is 0 Å². The highest BCUT2D eigenvalue weighted by molar-refractivity contribution is 7.80. The van der Waals surface area contributed by atoms with Crippen molar-refractivity contribution in [3.63, 3.8) is 0 Å². The number of rotatable bonds is 9. The summed E-state index contributed by atoms with van der Waals surface area (Å²) in [5.74, 6) is -2.38. The number of benzene rings is 2. The zero-order valence-electron chi connectivity index (χ0n) is 22.5. The van der Waals surface area contributed by atoms with Crippen LogP contribution in [0.15, 0.2) is 36.4 Å². The van der Waals surface area contributed by atoms with Gasteiger partial charge in [-0.05, 0) is 61.1 Å². The van der Waals surface area contributed by atoms with Gasteiger partial charge in [-0.15, -0.1) is 0 Å².